The predicted octanol–water partition coefficient (Wildman–Crippen LogP) is -0.120. The first-order valence-electron chi connectivity index (χ1n) is 2.70. The molecule has 0 saturated carbocycles. The smallest absolute Gasteiger partial charge is 0.329 e. The largest absolute Gasteiger partial charge is 0.494 e. The molecule has 0 atom stereocenters. The van der Waals surface area contributed by atoms with E-state index in [1.165, 1.54) is 0 Å². The Kier molecular flexibility index (Phi) is 7.75. The summed E-state index contributed by atoms with van der Waals surface area (Å²) < 4.78 is 42.5. The summed E-state index contributed by atoms with van der Waals surface area (Å²) in [5, 5.41) is 0. The lowest BCUT2D eigenvalue weighted by Crippen LogP contribution is -2.22. The molecule has 0 fully saturated rings. The molecule has 4 N–H and O–H groups in total. The molecule has 0 aliphatic heterocycles. The molecule has 0 spiro atoms. The lowest BCUT2D eigenvalue weighted by Gasteiger charge is -1.95. The summed E-state index contributed by atoms with van der Waals surface area (Å²) in [5.41, 5.74) is 9.81. The lowest BCUT2D eigenvalue weighted by atomic mass is 10.7. The van der Waals surface area contributed by atoms with Crippen LogP contribution >= 0.6 is 0 Å². The highest BCUT2D eigenvalue weighted by Crippen LogP contribution is 2.15. The van der Waals surface area contributed by atoms with Crippen LogP contribution in [0.5, 0.6) is 0 Å². The van der Waals surface area contributed by atoms with E-state index in [2.05, 4.69) is 0 Å². The maximum Gasteiger partial charge on any atom is 0.494 e. The van der Waals surface area contributed by atoms with Crippen molar-refractivity contribution in [3.63, 3.8) is 0 Å². The van der Waals surface area contributed by atoms with Crippen LogP contribution in [-0.2, 0) is 9.74 Å². The number of hydrogen-bond donors (Lipinski definition) is 2. The molecule has 0 aliphatic rings. The van der Waals surface area contributed by atoms with Gasteiger partial charge in [0.05, 0.1) is 0 Å². The zero-order valence-electron chi connectivity index (χ0n) is 5.90. The molecule has 0 heterocycles. The molecule has 74 valence electrons. The Hall–Kier alpha value is -0.890. The topological polar surface area (TPSA) is 78.3 Å². The Labute approximate surface area is 65.4 Å². The summed E-state index contributed by atoms with van der Waals surface area (Å²) in [5.74, 6) is -2.84. The second-order valence-electron chi connectivity index (χ2n) is 1.44. The normalized spacial score (nSPS) is 9.83. The number of nitrogens with two attached hydrogens (primary N) is 2. The number of carbonyl (C=O) groups is 1. The Morgan fingerprint density at radius 1 is 1.25 bits per heavy atom. The lowest BCUT2D eigenvalue weighted by molar-refractivity contribution is -0.234. The van der Waals surface area contributed by atoms with Gasteiger partial charge in [-0.1, -0.05) is 0 Å². The number of hydrogen-bond acceptors (Lipinski definition) is 4. The highest BCUT2D eigenvalue weighted by Gasteiger charge is 2.42. The van der Waals surface area contributed by atoms with Crippen LogP contribution in [0.2, 0.25) is 0 Å². The second kappa shape index (κ2) is 6.80. The van der Waals surface area contributed by atoms with E-state index < -0.39 is 12.1 Å². The van der Waals surface area contributed by atoms with Gasteiger partial charge in [0, 0.05) is 17.6 Å². The zero-order chi connectivity index (χ0) is 10.2. The van der Waals surface area contributed by atoms with Gasteiger partial charge in [-0.2, -0.15) is 13.2 Å². The Bertz CT molecular complexity index is 125. The SMILES string of the molecule is NCCN.O=C(OF)C(F)(F)F. The van der Waals surface area contributed by atoms with E-state index in [1.54, 1.807) is 0 Å². The van der Waals surface area contributed by atoms with Gasteiger partial charge in [-0.25, -0.2) is 9.74 Å². The zero-order valence-corrected chi connectivity index (χ0v) is 5.90. The van der Waals surface area contributed by atoms with Crippen molar-refractivity contribution >= 4 is 5.97 Å². The molecule has 0 amide bonds. The fourth-order valence-electron chi connectivity index (χ4n) is 0.0437. The van der Waals surface area contributed by atoms with Crippen LogP contribution in [0.1, 0.15) is 0 Å². The third-order valence-electron chi connectivity index (χ3n) is 0.468. The van der Waals surface area contributed by atoms with Crippen LogP contribution in [-0.4, -0.2) is 25.2 Å². The molecule has 0 bridgehead atoms. The minimum absolute atomic E-state index is 0.597. The quantitative estimate of drug-likeness (QED) is 0.567. The maximum absolute atomic E-state index is 10.7. The van der Waals surface area contributed by atoms with Gasteiger partial charge in [-0.15, -0.1) is 0 Å². The minimum Gasteiger partial charge on any atom is -0.329 e. The second-order valence-corrected chi connectivity index (χ2v) is 1.44. The van der Waals surface area contributed by atoms with Gasteiger partial charge in [0.25, 0.3) is 0 Å². The number of rotatable bonds is 1. The molecule has 0 aromatic carbocycles. The van der Waals surface area contributed by atoms with Crippen LogP contribution < -0.4 is 11.5 Å². The van der Waals surface area contributed by atoms with E-state index in [4.69, 9.17) is 16.3 Å². The van der Waals surface area contributed by atoms with Crippen LogP contribution in [0.25, 0.3) is 0 Å². The van der Waals surface area contributed by atoms with Gasteiger partial charge in [-0.05, 0) is 0 Å². The molecule has 4 nitrogen and oxygen atoms in total. The van der Waals surface area contributed by atoms with E-state index >= 15 is 0 Å². The average molecular weight is 192 g/mol. The third-order valence-corrected chi connectivity index (χ3v) is 0.468. The van der Waals surface area contributed by atoms with Gasteiger partial charge in [0.2, 0.25) is 0 Å². The summed E-state index contributed by atoms with van der Waals surface area (Å²) in [6, 6.07) is 0. The average Bonchev–Trinajstić information content (AvgIpc) is 2.02. The first-order chi connectivity index (χ1) is 5.40. The van der Waals surface area contributed by atoms with E-state index in [1.807, 2.05) is 4.94 Å². The van der Waals surface area contributed by atoms with Gasteiger partial charge in [0.15, 0.2) is 0 Å². The minimum atomic E-state index is -5.23. The van der Waals surface area contributed by atoms with E-state index in [0.29, 0.717) is 13.1 Å². The number of alkyl halides is 3. The number of carbonyl (C=O) groups excluding carboxylic acids is 1. The molecule has 0 unspecified atom stereocenters. The molecule has 0 aromatic rings. The van der Waals surface area contributed by atoms with E-state index in [-0.39, 0.29) is 0 Å². The van der Waals surface area contributed by atoms with Crippen molar-refractivity contribution < 1.29 is 27.4 Å². The highest BCUT2D eigenvalue weighted by molar-refractivity contribution is 5.74. The van der Waals surface area contributed by atoms with Crippen molar-refractivity contribution in [3.8, 4) is 0 Å². The predicted molar refractivity (Wildman–Crippen MR) is 31.4 cm³/mol. The van der Waals surface area contributed by atoms with Crippen molar-refractivity contribution in [2.45, 2.75) is 6.18 Å². The molecule has 12 heavy (non-hydrogen) atoms. The Morgan fingerprint density at radius 2 is 1.58 bits per heavy atom. The first kappa shape index (κ1) is 13.7. The molecule has 0 rings (SSSR count). The molecular weight excluding hydrogens is 184 g/mol. The molecule has 0 radical (unpaired) electrons. The summed E-state index contributed by atoms with van der Waals surface area (Å²) >= 11 is 0. The van der Waals surface area contributed by atoms with Crippen LogP contribution in [0, 0.1) is 0 Å². The van der Waals surface area contributed by atoms with Crippen LogP contribution in [0.4, 0.5) is 17.7 Å². The van der Waals surface area contributed by atoms with Gasteiger partial charge in [0.1, 0.15) is 0 Å². The van der Waals surface area contributed by atoms with Gasteiger partial charge < -0.3 is 11.5 Å². The van der Waals surface area contributed by atoms with Gasteiger partial charge in [-0.3, -0.25) is 0 Å². The van der Waals surface area contributed by atoms with E-state index in [9.17, 15) is 17.7 Å². The fourth-order valence-corrected chi connectivity index (χ4v) is 0.0437. The van der Waals surface area contributed by atoms with Crippen molar-refractivity contribution in [1.82, 2.24) is 0 Å². The first-order valence-corrected chi connectivity index (χ1v) is 2.70. The summed E-state index contributed by atoms with van der Waals surface area (Å²) in [7, 11) is 0. The van der Waals surface area contributed by atoms with Crippen molar-refractivity contribution in [2.24, 2.45) is 11.5 Å². The molecular formula is C4H8F4N2O2. The number of halogens is 4. The summed E-state index contributed by atoms with van der Waals surface area (Å²) in [6.07, 6.45) is -5.23. The van der Waals surface area contributed by atoms with E-state index in [0.717, 1.165) is 0 Å². The molecule has 0 aliphatic carbocycles. The standard InChI is InChI=1S/C2F4O2.C2H8N2/c3-2(4,5)1(7)8-6;3-1-2-4/h;1-4H2. The maximum atomic E-state index is 10.7. The Balaban J connectivity index is 0. The molecule has 8 heteroatoms. The van der Waals surface area contributed by atoms with Crippen molar-refractivity contribution in [2.75, 3.05) is 13.1 Å². The fraction of sp³-hybridized carbons (Fsp3) is 0.750. The molecule has 0 saturated heterocycles. The van der Waals surface area contributed by atoms with Crippen molar-refractivity contribution in [3.05, 3.63) is 0 Å². The molecule has 0 aromatic heterocycles. The summed E-state index contributed by atoms with van der Waals surface area (Å²) in [6.45, 7) is 1.19. The highest BCUT2D eigenvalue weighted by atomic mass is 19.4. The monoisotopic (exact) mass is 192 g/mol. The third kappa shape index (κ3) is 9.11. The summed E-state index contributed by atoms with van der Waals surface area (Å²) in [4.78, 5) is 11.0. The van der Waals surface area contributed by atoms with Crippen LogP contribution in [0.15, 0.2) is 0 Å². The van der Waals surface area contributed by atoms with Gasteiger partial charge >= 0.3 is 12.1 Å². The van der Waals surface area contributed by atoms with Crippen molar-refractivity contribution in [1.29, 1.82) is 0 Å². The Morgan fingerprint density at radius 3 is 1.58 bits per heavy atom. The van der Waals surface area contributed by atoms with Crippen LogP contribution in [0.3, 0.4) is 0 Å².